The Morgan fingerprint density at radius 3 is 2.17 bits per heavy atom. The van der Waals surface area contributed by atoms with Gasteiger partial charge in [-0.1, -0.05) is 72.8 Å². The zero-order valence-corrected chi connectivity index (χ0v) is 15.7. The van der Waals surface area contributed by atoms with Crippen molar-refractivity contribution in [2.45, 2.75) is 18.4 Å². The molecule has 4 nitrogen and oxygen atoms in total. The second-order valence-corrected chi connectivity index (χ2v) is 6.99. The second kappa shape index (κ2) is 8.27. The predicted molar refractivity (Wildman–Crippen MR) is 107 cm³/mol. The Morgan fingerprint density at radius 1 is 0.931 bits per heavy atom. The average Bonchev–Trinajstić information content (AvgIpc) is 3.15. The zero-order valence-electron chi connectivity index (χ0n) is 15.7. The molecule has 1 fully saturated rings. The summed E-state index contributed by atoms with van der Waals surface area (Å²) in [6.45, 7) is 0.140. The topological polar surface area (TPSA) is 46.6 Å². The minimum atomic E-state index is -0.630. The first kappa shape index (κ1) is 18.9. The lowest BCUT2D eigenvalue weighted by Crippen LogP contribution is -2.35. The summed E-state index contributed by atoms with van der Waals surface area (Å²) in [4.78, 5) is 26.7. The maximum atomic E-state index is 13.4. The summed E-state index contributed by atoms with van der Waals surface area (Å²) >= 11 is 0. The molecule has 5 heteroatoms. The summed E-state index contributed by atoms with van der Waals surface area (Å²) < 4.78 is 18.6. The molecule has 1 aliphatic heterocycles. The van der Waals surface area contributed by atoms with Crippen LogP contribution in [0.25, 0.3) is 0 Å². The third-order valence-electron chi connectivity index (χ3n) is 5.18. The average molecular weight is 389 g/mol. The van der Waals surface area contributed by atoms with Gasteiger partial charge in [0.25, 0.3) is 0 Å². The van der Waals surface area contributed by atoms with Crippen LogP contribution in [0.5, 0.6) is 0 Å². The fourth-order valence-corrected chi connectivity index (χ4v) is 3.70. The first-order valence-corrected chi connectivity index (χ1v) is 9.47. The van der Waals surface area contributed by atoms with E-state index in [1.807, 2.05) is 60.7 Å². The first-order chi connectivity index (χ1) is 14.1. The molecule has 1 aliphatic rings. The summed E-state index contributed by atoms with van der Waals surface area (Å²) in [5, 5.41) is 0. The van der Waals surface area contributed by atoms with Gasteiger partial charge in [0.1, 0.15) is 18.5 Å². The molecule has 1 heterocycles. The fourth-order valence-electron chi connectivity index (χ4n) is 3.70. The number of rotatable bonds is 5. The number of benzene rings is 3. The van der Waals surface area contributed by atoms with Gasteiger partial charge in [0.2, 0.25) is 5.91 Å². The molecular formula is C24H20FNO3. The summed E-state index contributed by atoms with van der Waals surface area (Å²) in [6, 6.07) is 24.6. The maximum absolute atomic E-state index is 13.4. The molecule has 0 radical (unpaired) electrons. The molecule has 2 amide bonds. The molecule has 29 heavy (non-hydrogen) atoms. The van der Waals surface area contributed by atoms with Crippen molar-refractivity contribution in [1.82, 2.24) is 4.90 Å². The van der Waals surface area contributed by atoms with Gasteiger partial charge in [-0.3, -0.25) is 4.79 Å². The summed E-state index contributed by atoms with van der Waals surface area (Å²) in [6.07, 6.45) is -0.552. The molecule has 0 bridgehead atoms. The van der Waals surface area contributed by atoms with E-state index in [4.69, 9.17) is 4.74 Å². The van der Waals surface area contributed by atoms with Crippen LogP contribution in [0.4, 0.5) is 9.18 Å². The molecule has 0 spiro atoms. The standard InChI is InChI=1S/C24H20FNO3/c25-20-13-11-18(12-14-20)21(17-7-3-1-4-8-17)15-23(27)26-22(16-29-24(26)28)19-9-5-2-6-10-19/h1-14,21-22H,15-16H2. The van der Waals surface area contributed by atoms with Crippen LogP contribution < -0.4 is 0 Å². The van der Waals surface area contributed by atoms with E-state index in [1.54, 1.807) is 12.1 Å². The van der Waals surface area contributed by atoms with Crippen molar-refractivity contribution in [2.75, 3.05) is 6.61 Å². The highest BCUT2D eigenvalue weighted by molar-refractivity contribution is 5.94. The molecule has 146 valence electrons. The molecule has 2 atom stereocenters. The summed E-state index contributed by atoms with van der Waals surface area (Å²) in [7, 11) is 0. The Labute approximate surface area is 168 Å². The van der Waals surface area contributed by atoms with E-state index in [1.165, 1.54) is 17.0 Å². The molecule has 4 rings (SSSR count). The van der Waals surface area contributed by atoms with Crippen LogP contribution in [-0.2, 0) is 9.53 Å². The Hall–Kier alpha value is -3.47. The third-order valence-corrected chi connectivity index (χ3v) is 5.18. The Bertz CT molecular complexity index is 990. The van der Waals surface area contributed by atoms with Gasteiger partial charge in [-0.05, 0) is 28.8 Å². The van der Waals surface area contributed by atoms with Crippen LogP contribution in [0, 0.1) is 5.82 Å². The van der Waals surface area contributed by atoms with Crippen molar-refractivity contribution < 1.29 is 18.7 Å². The molecule has 3 aromatic carbocycles. The van der Waals surface area contributed by atoms with Crippen molar-refractivity contribution in [2.24, 2.45) is 0 Å². The van der Waals surface area contributed by atoms with E-state index in [0.29, 0.717) is 0 Å². The Balaban J connectivity index is 1.63. The normalized spacial score (nSPS) is 17.1. The quantitative estimate of drug-likeness (QED) is 0.612. The number of carbonyl (C=O) groups is 2. The number of nitrogens with zero attached hydrogens (tertiary/aromatic N) is 1. The van der Waals surface area contributed by atoms with Gasteiger partial charge in [-0.25, -0.2) is 14.1 Å². The van der Waals surface area contributed by atoms with E-state index in [0.717, 1.165) is 16.7 Å². The summed E-state index contributed by atoms with van der Waals surface area (Å²) in [5.41, 5.74) is 2.59. The molecule has 0 aliphatic carbocycles. The highest BCUT2D eigenvalue weighted by Crippen LogP contribution is 2.33. The van der Waals surface area contributed by atoms with E-state index < -0.39 is 12.1 Å². The van der Waals surface area contributed by atoms with Crippen molar-refractivity contribution in [3.63, 3.8) is 0 Å². The van der Waals surface area contributed by atoms with Gasteiger partial charge >= 0.3 is 6.09 Å². The van der Waals surface area contributed by atoms with Crippen molar-refractivity contribution in [1.29, 1.82) is 0 Å². The fraction of sp³-hybridized carbons (Fsp3) is 0.167. The number of amides is 2. The van der Waals surface area contributed by atoms with Crippen LogP contribution >= 0.6 is 0 Å². The minimum Gasteiger partial charge on any atom is -0.446 e. The molecule has 0 aromatic heterocycles. The van der Waals surface area contributed by atoms with E-state index in [-0.39, 0.29) is 30.7 Å². The van der Waals surface area contributed by atoms with Crippen molar-refractivity contribution in [3.05, 3.63) is 107 Å². The number of hydrogen-bond donors (Lipinski definition) is 0. The molecular weight excluding hydrogens is 369 g/mol. The smallest absolute Gasteiger partial charge is 0.417 e. The van der Waals surface area contributed by atoms with Crippen LogP contribution in [0.2, 0.25) is 0 Å². The number of halogens is 1. The third kappa shape index (κ3) is 4.04. The van der Waals surface area contributed by atoms with Gasteiger partial charge < -0.3 is 4.74 Å². The van der Waals surface area contributed by atoms with Crippen LogP contribution in [-0.4, -0.2) is 23.5 Å². The van der Waals surface area contributed by atoms with Gasteiger partial charge in [0, 0.05) is 12.3 Å². The predicted octanol–water partition coefficient (Wildman–Crippen LogP) is 5.07. The highest BCUT2D eigenvalue weighted by Gasteiger charge is 2.39. The van der Waals surface area contributed by atoms with Crippen molar-refractivity contribution >= 4 is 12.0 Å². The number of carbonyl (C=O) groups excluding carboxylic acids is 2. The summed E-state index contributed by atoms with van der Waals surface area (Å²) in [5.74, 6) is -0.951. The molecule has 2 unspecified atom stereocenters. The van der Waals surface area contributed by atoms with Gasteiger partial charge in [0.05, 0.1) is 0 Å². The van der Waals surface area contributed by atoms with Crippen LogP contribution in [0.15, 0.2) is 84.9 Å². The highest BCUT2D eigenvalue weighted by atomic mass is 19.1. The molecule has 0 saturated carbocycles. The maximum Gasteiger partial charge on any atom is 0.417 e. The van der Waals surface area contributed by atoms with Gasteiger partial charge in [-0.2, -0.15) is 0 Å². The van der Waals surface area contributed by atoms with Crippen molar-refractivity contribution in [3.8, 4) is 0 Å². The Kier molecular flexibility index (Phi) is 5.38. The number of cyclic esters (lactones) is 1. The number of hydrogen-bond acceptors (Lipinski definition) is 3. The molecule has 3 aromatic rings. The van der Waals surface area contributed by atoms with Gasteiger partial charge in [0.15, 0.2) is 0 Å². The largest absolute Gasteiger partial charge is 0.446 e. The first-order valence-electron chi connectivity index (χ1n) is 9.47. The zero-order chi connectivity index (χ0) is 20.2. The number of imide groups is 1. The van der Waals surface area contributed by atoms with Crippen LogP contribution in [0.1, 0.15) is 35.1 Å². The SMILES string of the molecule is O=C(CC(c1ccccc1)c1ccc(F)cc1)N1C(=O)OCC1c1ccccc1. The van der Waals surface area contributed by atoms with E-state index >= 15 is 0 Å². The molecule has 0 N–H and O–H groups in total. The Morgan fingerprint density at radius 2 is 1.52 bits per heavy atom. The lowest BCUT2D eigenvalue weighted by Gasteiger charge is -2.23. The monoisotopic (exact) mass is 389 g/mol. The minimum absolute atomic E-state index is 0.0775. The van der Waals surface area contributed by atoms with E-state index in [9.17, 15) is 14.0 Å². The molecule has 1 saturated heterocycles. The number of ether oxygens (including phenoxy) is 1. The van der Waals surface area contributed by atoms with Gasteiger partial charge in [-0.15, -0.1) is 0 Å². The lowest BCUT2D eigenvalue weighted by atomic mass is 9.88. The van der Waals surface area contributed by atoms with Crippen LogP contribution in [0.3, 0.4) is 0 Å². The lowest BCUT2D eigenvalue weighted by molar-refractivity contribution is -0.129. The second-order valence-electron chi connectivity index (χ2n) is 6.99. The van der Waals surface area contributed by atoms with E-state index in [2.05, 4.69) is 0 Å².